The third kappa shape index (κ3) is 17.1. The highest BCUT2D eigenvalue weighted by molar-refractivity contribution is 7.45. The molecule has 0 aromatic carbocycles. The van der Waals surface area contributed by atoms with E-state index in [-0.39, 0.29) is 0 Å². The summed E-state index contributed by atoms with van der Waals surface area (Å²) in [5.41, 5.74) is 0.661. The number of unbranched alkanes of at least 4 members (excludes halogenated alkanes) is 3. The zero-order valence-corrected chi connectivity index (χ0v) is 12.1. The Balaban J connectivity index is 0. The van der Waals surface area contributed by atoms with Gasteiger partial charge in [-0.05, 0) is 24.8 Å². The van der Waals surface area contributed by atoms with Gasteiger partial charge in [-0.1, -0.05) is 33.1 Å². The Hall–Kier alpha value is -0.880. The molecule has 0 heterocycles. The lowest BCUT2D eigenvalue weighted by atomic mass is 10.0. The summed E-state index contributed by atoms with van der Waals surface area (Å²) < 4.78 is 8.88. The van der Waals surface area contributed by atoms with Crippen molar-refractivity contribution in [3.8, 4) is 0 Å². The number of phosphoric acid groups is 1. The summed E-state index contributed by atoms with van der Waals surface area (Å²) in [6.45, 7) is 4.00. The molecule has 8 heteroatoms. The smallest absolute Gasteiger partial charge is 0.466 e. The predicted molar refractivity (Wildman–Crippen MR) is 70.6 cm³/mol. The predicted octanol–water partition coefficient (Wildman–Crippen LogP) is 2.33. The van der Waals surface area contributed by atoms with E-state index in [1.807, 2.05) is 6.92 Å². The lowest BCUT2D eigenvalue weighted by molar-refractivity contribution is -0.135. The van der Waals surface area contributed by atoms with Crippen LogP contribution in [0.5, 0.6) is 0 Å². The summed E-state index contributed by atoms with van der Waals surface area (Å²) in [7, 11) is -4.64. The van der Waals surface area contributed by atoms with E-state index in [0.717, 1.165) is 19.3 Å². The summed E-state index contributed by atoms with van der Waals surface area (Å²) in [6.07, 6.45) is 5.72. The lowest BCUT2D eigenvalue weighted by Gasteiger charge is -2.05. The molecule has 19 heavy (non-hydrogen) atoms. The van der Waals surface area contributed by atoms with Crippen molar-refractivity contribution in [1.29, 1.82) is 0 Å². The van der Waals surface area contributed by atoms with E-state index in [0.29, 0.717) is 18.4 Å². The number of aliphatic hydroxyl groups is 1. The van der Waals surface area contributed by atoms with Gasteiger partial charge in [0.1, 0.15) is 0 Å². The second-order valence-electron chi connectivity index (χ2n) is 3.93. The van der Waals surface area contributed by atoms with Crippen molar-refractivity contribution in [2.45, 2.75) is 52.4 Å². The van der Waals surface area contributed by atoms with E-state index >= 15 is 0 Å². The number of carboxylic acids is 1. The topological polar surface area (TPSA) is 135 Å². The third-order valence-electron chi connectivity index (χ3n) is 2.30. The third-order valence-corrected chi connectivity index (χ3v) is 2.30. The van der Waals surface area contributed by atoms with Gasteiger partial charge >= 0.3 is 13.8 Å². The molecule has 0 amide bonds. The number of allylic oxidation sites excluding steroid dienone is 1. The van der Waals surface area contributed by atoms with Crippen LogP contribution in [-0.4, -0.2) is 30.9 Å². The Morgan fingerprint density at radius 3 is 1.79 bits per heavy atom. The maximum atomic E-state index is 10.5. The van der Waals surface area contributed by atoms with E-state index < -0.39 is 19.6 Å². The zero-order chi connectivity index (χ0) is 15.5. The summed E-state index contributed by atoms with van der Waals surface area (Å²) in [5, 5.41) is 17.8. The number of hydrogen-bond donors (Lipinski definition) is 5. The van der Waals surface area contributed by atoms with Crippen molar-refractivity contribution in [2.75, 3.05) is 0 Å². The van der Waals surface area contributed by atoms with Crippen molar-refractivity contribution in [1.82, 2.24) is 0 Å². The number of rotatable bonds is 7. The molecule has 0 atom stereocenters. The van der Waals surface area contributed by atoms with Crippen LogP contribution in [0, 0.1) is 0 Å². The van der Waals surface area contributed by atoms with Gasteiger partial charge < -0.3 is 24.9 Å². The number of hydrogen-bond acceptors (Lipinski definition) is 3. The van der Waals surface area contributed by atoms with Crippen LogP contribution in [0.3, 0.4) is 0 Å². The summed E-state index contributed by atoms with van der Waals surface area (Å²) in [6, 6.07) is 0. The van der Waals surface area contributed by atoms with Crippen molar-refractivity contribution in [3.63, 3.8) is 0 Å². The van der Waals surface area contributed by atoms with E-state index in [2.05, 4.69) is 6.92 Å². The van der Waals surface area contributed by atoms with Gasteiger partial charge in [-0.25, -0.2) is 9.36 Å². The molecule has 0 bridgehead atoms. The highest BCUT2D eigenvalue weighted by atomic mass is 31.2. The average molecular weight is 298 g/mol. The largest absolute Gasteiger partial charge is 0.502 e. The molecule has 114 valence electrons. The first-order chi connectivity index (χ1) is 8.63. The highest BCUT2D eigenvalue weighted by Gasteiger charge is 2.10. The maximum absolute atomic E-state index is 10.5. The molecule has 0 fully saturated rings. The Bertz CT molecular complexity index is 324. The van der Waals surface area contributed by atoms with Gasteiger partial charge in [-0.3, -0.25) is 0 Å². The average Bonchev–Trinajstić information content (AvgIpc) is 2.26. The van der Waals surface area contributed by atoms with E-state index in [1.54, 1.807) is 0 Å². The minimum Gasteiger partial charge on any atom is -0.502 e. The highest BCUT2D eigenvalue weighted by Crippen LogP contribution is 2.25. The molecule has 5 N–H and O–H groups in total. The monoisotopic (exact) mass is 298 g/mol. The molecule has 0 unspecified atom stereocenters. The molecule has 0 aliphatic rings. The summed E-state index contributed by atoms with van der Waals surface area (Å²) in [4.78, 5) is 32.0. The van der Waals surface area contributed by atoms with Crippen molar-refractivity contribution < 1.29 is 34.3 Å². The minimum atomic E-state index is -4.64. The molecule has 0 aromatic rings. The lowest BCUT2D eigenvalue weighted by Crippen LogP contribution is -2.03. The Morgan fingerprint density at radius 2 is 1.47 bits per heavy atom. The molecule has 0 aliphatic heterocycles. The molecule has 0 rings (SSSR count). The van der Waals surface area contributed by atoms with Gasteiger partial charge in [-0.15, -0.1) is 0 Å². The van der Waals surface area contributed by atoms with Gasteiger partial charge in [0.25, 0.3) is 0 Å². The Labute approximate surface area is 112 Å². The fourth-order valence-corrected chi connectivity index (χ4v) is 1.38. The number of carbonyl (C=O) groups is 1. The number of aliphatic carboxylic acids is 1. The molecule has 0 radical (unpaired) electrons. The van der Waals surface area contributed by atoms with E-state index in [1.165, 1.54) is 6.42 Å². The SMILES string of the molecule is CCCCCC/C(CC)=C(/O)C(=O)O.O=P(O)(O)O. The first-order valence-corrected chi connectivity index (χ1v) is 7.62. The van der Waals surface area contributed by atoms with E-state index in [9.17, 15) is 9.90 Å². The van der Waals surface area contributed by atoms with Crippen molar-refractivity contribution in [3.05, 3.63) is 11.3 Å². The van der Waals surface area contributed by atoms with Crippen LogP contribution in [0.1, 0.15) is 52.4 Å². The van der Waals surface area contributed by atoms with Gasteiger partial charge in [0, 0.05) is 0 Å². The first kappa shape index (κ1) is 20.4. The van der Waals surface area contributed by atoms with Crippen LogP contribution >= 0.6 is 7.82 Å². The molecular formula is C11H23O7P. The molecule has 0 spiro atoms. The first-order valence-electron chi connectivity index (χ1n) is 6.06. The van der Waals surface area contributed by atoms with Crippen LogP contribution in [0.4, 0.5) is 0 Å². The molecule has 0 aromatic heterocycles. The Kier molecular flexibility index (Phi) is 11.8. The summed E-state index contributed by atoms with van der Waals surface area (Å²) >= 11 is 0. The van der Waals surface area contributed by atoms with Crippen LogP contribution in [-0.2, 0) is 9.36 Å². The number of aliphatic hydroxyl groups excluding tert-OH is 1. The van der Waals surface area contributed by atoms with Crippen molar-refractivity contribution >= 4 is 13.8 Å². The molecular weight excluding hydrogens is 275 g/mol. The minimum absolute atomic E-state index is 0.455. The van der Waals surface area contributed by atoms with Crippen molar-refractivity contribution in [2.24, 2.45) is 0 Å². The fourth-order valence-electron chi connectivity index (χ4n) is 1.38. The molecule has 0 saturated carbocycles. The normalized spacial score (nSPS) is 12.3. The fraction of sp³-hybridized carbons (Fsp3) is 0.727. The number of carboxylic acid groups (broad SMARTS) is 1. The molecule has 7 nitrogen and oxygen atoms in total. The second kappa shape index (κ2) is 11.0. The van der Waals surface area contributed by atoms with Gasteiger partial charge in [0.2, 0.25) is 5.76 Å². The van der Waals surface area contributed by atoms with Gasteiger partial charge in [0.05, 0.1) is 0 Å². The quantitative estimate of drug-likeness (QED) is 0.210. The standard InChI is InChI=1S/C11H20O3.H3O4P/c1-3-5-6-7-8-9(4-2)10(12)11(13)14;1-5(2,3)4/h12H,3-8H2,1-2H3,(H,13,14);(H3,1,2,3,4)/b10-9+;. The zero-order valence-electron chi connectivity index (χ0n) is 11.2. The van der Waals surface area contributed by atoms with Crippen LogP contribution in [0.2, 0.25) is 0 Å². The van der Waals surface area contributed by atoms with Crippen LogP contribution < -0.4 is 0 Å². The molecule has 0 aliphatic carbocycles. The Morgan fingerprint density at radius 1 is 1.00 bits per heavy atom. The van der Waals surface area contributed by atoms with Gasteiger partial charge in [-0.2, -0.15) is 0 Å². The van der Waals surface area contributed by atoms with E-state index in [4.69, 9.17) is 24.4 Å². The summed E-state index contributed by atoms with van der Waals surface area (Å²) in [5.74, 6) is -1.67. The van der Waals surface area contributed by atoms with Crippen LogP contribution in [0.25, 0.3) is 0 Å². The van der Waals surface area contributed by atoms with Crippen LogP contribution in [0.15, 0.2) is 11.3 Å². The molecule has 0 saturated heterocycles. The van der Waals surface area contributed by atoms with Gasteiger partial charge in [0.15, 0.2) is 0 Å². The second-order valence-corrected chi connectivity index (χ2v) is 4.96. The maximum Gasteiger partial charge on any atom is 0.466 e.